The second-order valence-electron chi connectivity index (χ2n) is 2.94. The average Bonchev–Trinajstić information content (AvgIpc) is 1.99. The Bertz CT molecular complexity index is 239. The Balaban J connectivity index is 4.73. The molecule has 0 spiro atoms. The number of allylic oxidation sites excluding steroid dienone is 2. The van der Waals surface area contributed by atoms with E-state index < -0.39 is 17.4 Å². The normalized spacial score (nSPS) is 12.7. The Morgan fingerprint density at radius 1 is 1.38 bits per heavy atom. The zero-order valence-corrected chi connectivity index (χ0v) is 8.13. The Hall–Kier alpha value is -1.03. The predicted octanol–water partition coefficient (Wildman–Crippen LogP) is 1.69. The van der Waals surface area contributed by atoms with Gasteiger partial charge in [0.05, 0.1) is 0 Å². The molecule has 0 aromatic carbocycles. The minimum atomic E-state index is -1.80. The number of carbonyl (C=O) groups is 2. The third kappa shape index (κ3) is 3.06. The molecule has 0 bridgehead atoms. The first-order valence-electron chi connectivity index (χ1n) is 3.59. The molecule has 0 fully saturated rings. The van der Waals surface area contributed by atoms with Crippen LogP contribution in [0.25, 0.3) is 0 Å². The zero-order chi connectivity index (χ0) is 10.6. The molecule has 74 valence electrons. The van der Waals surface area contributed by atoms with Gasteiger partial charge in [-0.05, 0) is 20.3 Å². The summed E-state index contributed by atoms with van der Waals surface area (Å²) < 4.78 is 0. The first-order valence-corrected chi connectivity index (χ1v) is 3.97. The number of carboxylic acids is 2. The van der Waals surface area contributed by atoms with E-state index in [1.54, 1.807) is 6.92 Å². The topological polar surface area (TPSA) is 74.6 Å². The van der Waals surface area contributed by atoms with E-state index in [0.29, 0.717) is 5.03 Å². The van der Waals surface area contributed by atoms with E-state index in [2.05, 4.69) is 0 Å². The van der Waals surface area contributed by atoms with E-state index in [1.165, 1.54) is 6.08 Å². The summed E-state index contributed by atoms with van der Waals surface area (Å²) in [6.07, 6.45) is 1.26. The van der Waals surface area contributed by atoms with Crippen molar-refractivity contribution in [3.63, 3.8) is 0 Å². The van der Waals surface area contributed by atoms with Crippen LogP contribution in [-0.2, 0) is 9.59 Å². The third-order valence-electron chi connectivity index (χ3n) is 1.74. The molecule has 0 atom stereocenters. The summed E-state index contributed by atoms with van der Waals surface area (Å²) >= 11 is 5.47. The molecule has 0 unspecified atom stereocenters. The molecule has 4 nitrogen and oxygen atoms in total. The molecular weight excluding hydrogens is 196 g/mol. The smallest absolute Gasteiger partial charge is 0.321 e. The van der Waals surface area contributed by atoms with Gasteiger partial charge in [-0.25, -0.2) is 0 Å². The van der Waals surface area contributed by atoms with Crippen LogP contribution in [0, 0.1) is 5.41 Å². The summed E-state index contributed by atoms with van der Waals surface area (Å²) in [5.41, 5.74) is -1.80. The monoisotopic (exact) mass is 206 g/mol. The SMILES string of the molecule is C/C(Cl)=C/CC(C)(C(=O)O)C(=O)O. The molecule has 0 aromatic heterocycles. The quantitative estimate of drug-likeness (QED) is 0.687. The fraction of sp³-hybridized carbons (Fsp3) is 0.500. The largest absolute Gasteiger partial charge is 0.480 e. The van der Waals surface area contributed by atoms with Crippen LogP contribution >= 0.6 is 11.6 Å². The molecule has 0 aliphatic rings. The summed E-state index contributed by atoms with van der Waals surface area (Å²) in [5.74, 6) is -2.73. The van der Waals surface area contributed by atoms with Crippen molar-refractivity contribution in [2.75, 3.05) is 0 Å². The molecule has 0 radical (unpaired) electrons. The molecular formula is C8H11ClO4. The number of carboxylic acid groups (broad SMARTS) is 2. The number of hydrogen-bond donors (Lipinski definition) is 2. The highest BCUT2D eigenvalue weighted by atomic mass is 35.5. The molecule has 0 amide bonds. The molecule has 0 saturated carbocycles. The lowest BCUT2D eigenvalue weighted by Crippen LogP contribution is -2.35. The molecule has 0 aliphatic heterocycles. The van der Waals surface area contributed by atoms with Crippen LogP contribution in [0.3, 0.4) is 0 Å². The molecule has 0 aromatic rings. The second-order valence-corrected chi connectivity index (χ2v) is 3.53. The highest BCUT2D eigenvalue weighted by molar-refractivity contribution is 6.29. The van der Waals surface area contributed by atoms with Crippen molar-refractivity contribution in [2.24, 2.45) is 5.41 Å². The summed E-state index contributed by atoms with van der Waals surface area (Å²) in [5, 5.41) is 17.7. The Morgan fingerprint density at radius 3 is 2.00 bits per heavy atom. The van der Waals surface area contributed by atoms with Crippen LogP contribution in [0.5, 0.6) is 0 Å². The Labute approximate surface area is 80.8 Å². The predicted molar refractivity (Wildman–Crippen MR) is 47.6 cm³/mol. The van der Waals surface area contributed by atoms with Gasteiger partial charge >= 0.3 is 11.9 Å². The number of rotatable bonds is 4. The van der Waals surface area contributed by atoms with Crippen molar-refractivity contribution < 1.29 is 19.8 Å². The number of hydrogen-bond acceptors (Lipinski definition) is 2. The van der Waals surface area contributed by atoms with Gasteiger partial charge in [-0.2, -0.15) is 0 Å². The minimum absolute atomic E-state index is 0.118. The standard InChI is InChI=1S/C8H11ClO4/c1-5(9)3-4-8(2,6(10)11)7(12)13/h3H,4H2,1-2H3,(H,10,11)(H,12,13)/b5-3-. The second kappa shape index (κ2) is 4.28. The lowest BCUT2D eigenvalue weighted by Gasteiger charge is -2.17. The van der Waals surface area contributed by atoms with Crippen LogP contribution < -0.4 is 0 Å². The highest BCUT2D eigenvalue weighted by Gasteiger charge is 2.40. The highest BCUT2D eigenvalue weighted by Crippen LogP contribution is 2.23. The molecule has 5 heteroatoms. The summed E-state index contributed by atoms with van der Waals surface area (Å²) in [4.78, 5) is 21.2. The van der Waals surface area contributed by atoms with Gasteiger partial charge < -0.3 is 10.2 Å². The summed E-state index contributed by atoms with van der Waals surface area (Å²) in [6, 6.07) is 0. The van der Waals surface area contributed by atoms with E-state index in [0.717, 1.165) is 6.92 Å². The van der Waals surface area contributed by atoms with Crippen LogP contribution in [0.1, 0.15) is 20.3 Å². The van der Waals surface area contributed by atoms with Crippen LogP contribution in [-0.4, -0.2) is 22.2 Å². The maximum Gasteiger partial charge on any atom is 0.321 e. The first-order chi connectivity index (χ1) is 5.80. The van der Waals surface area contributed by atoms with Crippen molar-refractivity contribution in [1.82, 2.24) is 0 Å². The van der Waals surface area contributed by atoms with Crippen molar-refractivity contribution >= 4 is 23.5 Å². The molecule has 2 N–H and O–H groups in total. The zero-order valence-electron chi connectivity index (χ0n) is 7.37. The van der Waals surface area contributed by atoms with E-state index >= 15 is 0 Å². The lowest BCUT2D eigenvalue weighted by molar-refractivity contribution is -0.162. The van der Waals surface area contributed by atoms with Gasteiger partial charge in [0.25, 0.3) is 0 Å². The Morgan fingerprint density at radius 2 is 1.77 bits per heavy atom. The lowest BCUT2D eigenvalue weighted by atomic mass is 9.87. The van der Waals surface area contributed by atoms with Crippen molar-refractivity contribution in [1.29, 1.82) is 0 Å². The summed E-state index contributed by atoms with van der Waals surface area (Å²) in [7, 11) is 0. The first kappa shape index (κ1) is 12.0. The molecule has 0 rings (SSSR count). The fourth-order valence-electron chi connectivity index (χ4n) is 0.611. The number of halogens is 1. The molecule has 0 heterocycles. The van der Waals surface area contributed by atoms with Gasteiger partial charge in [-0.3, -0.25) is 9.59 Å². The van der Waals surface area contributed by atoms with Gasteiger partial charge in [-0.15, -0.1) is 0 Å². The van der Waals surface area contributed by atoms with Gasteiger partial charge in [0.2, 0.25) is 0 Å². The van der Waals surface area contributed by atoms with E-state index in [4.69, 9.17) is 21.8 Å². The van der Waals surface area contributed by atoms with Crippen molar-refractivity contribution in [3.05, 3.63) is 11.1 Å². The van der Waals surface area contributed by atoms with Gasteiger partial charge in [0.15, 0.2) is 5.41 Å². The maximum atomic E-state index is 10.6. The van der Waals surface area contributed by atoms with Gasteiger partial charge in [0.1, 0.15) is 0 Å². The van der Waals surface area contributed by atoms with Crippen LogP contribution in [0.2, 0.25) is 0 Å². The van der Waals surface area contributed by atoms with E-state index in [-0.39, 0.29) is 6.42 Å². The van der Waals surface area contributed by atoms with Gasteiger partial charge in [-0.1, -0.05) is 17.7 Å². The fourth-order valence-corrected chi connectivity index (χ4v) is 0.688. The third-order valence-corrected chi connectivity index (χ3v) is 1.89. The van der Waals surface area contributed by atoms with Crippen molar-refractivity contribution in [2.45, 2.75) is 20.3 Å². The average molecular weight is 207 g/mol. The van der Waals surface area contributed by atoms with Crippen LogP contribution in [0.4, 0.5) is 0 Å². The molecule has 13 heavy (non-hydrogen) atoms. The molecule has 0 aliphatic carbocycles. The van der Waals surface area contributed by atoms with E-state index in [1.807, 2.05) is 0 Å². The molecule has 0 saturated heterocycles. The summed E-state index contributed by atoms with van der Waals surface area (Å²) in [6.45, 7) is 2.71. The van der Waals surface area contributed by atoms with Gasteiger partial charge in [0, 0.05) is 5.03 Å². The Kier molecular flexibility index (Phi) is 3.94. The minimum Gasteiger partial charge on any atom is -0.480 e. The number of aliphatic carboxylic acids is 2. The van der Waals surface area contributed by atoms with Crippen molar-refractivity contribution in [3.8, 4) is 0 Å². The van der Waals surface area contributed by atoms with E-state index in [9.17, 15) is 9.59 Å². The van der Waals surface area contributed by atoms with Crippen LogP contribution in [0.15, 0.2) is 11.1 Å². The maximum absolute atomic E-state index is 10.6.